The third-order valence-electron chi connectivity index (χ3n) is 4.16. The summed E-state index contributed by atoms with van der Waals surface area (Å²) in [7, 11) is 0. The maximum absolute atomic E-state index is 12.0. The summed E-state index contributed by atoms with van der Waals surface area (Å²) >= 11 is 0. The van der Waals surface area contributed by atoms with E-state index in [4.69, 9.17) is 5.11 Å². The Kier molecular flexibility index (Phi) is 3.37. The lowest BCUT2D eigenvalue weighted by molar-refractivity contribution is -0.132. The number of carbonyl (C=O) groups excluding carboxylic acids is 1. The van der Waals surface area contributed by atoms with E-state index in [1.165, 1.54) is 0 Å². The van der Waals surface area contributed by atoms with Crippen molar-refractivity contribution >= 4 is 11.9 Å². The number of pyridine rings is 1. The lowest BCUT2D eigenvalue weighted by atomic mass is 9.83. The third-order valence-corrected chi connectivity index (χ3v) is 4.16. The zero-order valence-electron chi connectivity index (χ0n) is 11.4. The average Bonchev–Trinajstić information content (AvgIpc) is 2.45. The minimum atomic E-state index is -1.13. The van der Waals surface area contributed by atoms with Gasteiger partial charge in [0.25, 0.3) is 5.56 Å². The van der Waals surface area contributed by atoms with Crippen molar-refractivity contribution in [2.45, 2.75) is 18.9 Å². The van der Waals surface area contributed by atoms with Gasteiger partial charge >= 0.3 is 5.97 Å². The van der Waals surface area contributed by atoms with Gasteiger partial charge in [-0.2, -0.15) is 0 Å². The first-order valence-electron chi connectivity index (χ1n) is 6.94. The first kappa shape index (κ1) is 13.6. The van der Waals surface area contributed by atoms with Gasteiger partial charge in [0.05, 0.1) is 0 Å². The van der Waals surface area contributed by atoms with Crippen LogP contribution in [0.2, 0.25) is 0 Å². The molecule has 3 heterocycles. The van der Waals surface area contributed by atoms with Crippen molar-refractivity contribution in [3.8, 4) is 0 Å². The molecule has 0 saturated carbocycles. The zero-order valence-corrected chi connectivity index (χ0v) is 11.4. The van der Waals surface area contributed by atoms with Gasteiger partial charge in [-0.25, -0.2) is 4.79 Å². The zero-order chi connectivity index (χ0) is 15.0. The Balaban J connectivity index is 1.83. The van der Waals surface area contributed by atoms with Crippen LogP contribution >= 0.6 is 0 Å². The van der Waals surface area contributed by atoms with E-state index in [1.54, 1.807) is 21.6 Å². The van der Waals surface area contributed by atoms with E-state index < -0.39 is 5.97 Å². The molecule has 0 spiro atoms. The number of hydrogen-bond acceptors (Lipinski definition) is 3. The summed E-state index contributed by atoms with van der Waals surface area (Å²) in [6.07, 6.45) is 2.93. The average molecular weight is 288 g/mol. The minimum absolute atomic E-state index is 0.00718. The van der Waals surface area contributed by atoms with Crippen molar-refractivity contribution < 1.29 is 14.7 Å². The van der Waals surface area contributed by atoms with E-state index in [1.807, 2.05) is 6.07 Å². The molecule has 110 valence electrons. The Morgan fingerprint density at radius 1 is 1.19 bits per heavy atom. The highest BCUT2D eigenvalue weighted by molar-refractivity contribution is 5.94. The maximum atomic E-state index is 12.0. The van der Waals surface area contributed by atoms with Gasteiger partial charge in [-0.15, -0.1) is 0 Å². The van der Waals surface area contributed by atoms with Gasteiger partial charge in [0.2, 0.25) is 5.91 Å². The molecule has 1 aromatic heterocycles. The largest absolute Gasteiger partial charge is 0.478 e. The molecule has 2 bridgehead atoms. The number of piperidine rings is 1. The van der Waals surface area contributed by atoms with Crippen LogP contribution < -0.4 is 5.56 Å². The topological polar surface area (TPSA) is 79.6 Å². The summed E-state index contributed by atoms with van der Waals surface area (Å²) < 4.78 is 1.80. The Morgan fingerprint density at radius 2 is 2.00 bits per heavy atom. The normalized spacial score (nSPS) is 23.9. The standard InChI is InChI=1S/C15H16N2O4/c18-13(4-5-15(20)21)16-7-10-6-11(9-16)12-2-1-3-14(19)17(12)8-10/h1-5,10-11H,6-9H2,(H,20,21)/b5-4-. The van der Waals surface area contributed by atoms with E-state index in [2.05, 4.69) is 0 Å². The lowest BCUT2D eigenvalue weighted by Crippen LogP contribution is -2.48. The Hall–Kier alpha value is -2.37. The molecule has 1 amide bonds. The lowest BCUT2D eigenvalue weighted by Gasteiger charge is -2.42. The van der Waals surface area contributed by atoms with Crippen molar-refractivity contribution in [1.82, 2.24) is 9.47 Å². The molecule has 6 nitrogen and oxygen atoms in total. The minimum Gasteiger partial charge on any atom is -0.478 e. The molecule has 2 atom stereocenters. The summed E-state index contributed by atoms with van der Waals surface area (Å²) in [4.78, 5) is 36.1. The Morgan fingerprint density at radius 3 is 2.76 bits per heavy atom. The number of fused-ring (bicyclic) bond motifs is 4. The third kappa shape index (κ3) is 2.61. The molecule has 2 unspecified atom stereocenters. The number of carbonyl (C=O) groups is 2. The first-order valence-corrected chi connectivity index (χ1v) is 6.94. The van der Waals surface area contributed by atoms with Crippen LogP contribution in [0.15, 0.2) is 35.1 Å². The molecule has 0 aliphatic carbocycles. The number of rotatable bonds is 2. The monoisotopic (exact) mass is 288 g/mol. The smallest absolute Gasteiger partial charge is 0.328 e. The molecule has 0 aromatic carbocycles. The number of carboxylic acid groups (broad SMARTS) is 1. The number of nitrogens with zero attached hydrogens (tertiary/aromatic N) is 2. The summed E-state index contributed by atoms with van der Waals surface area (Å²) in [5, 5.41) is 8.59. The van der Waals surface area contributed by atoms with Gasteiger partial charge in [0.1, 0.15) is 0 Å². The Bertz CT molecular complexity index is 676. The molecule has 6 heteroatoms. The van der Waals surface area contributed by atoms with Gasteiger partial charge in [0, 0.05) is 49.5 Å². The molecule has 2 aliphatic rings. The Labute approximate surface area is 121 Å². The number of hydrogen-bond donors (Lipinski definition) is 1. The van der Waals surface area contributed by atoms with Crippen LogP contribution in [0, 0.1) is 5.92 Å². The van der Waals surface area contributed by atoms with E-state index in [-0.39, 0.29) is 23.3 Å². The first-order chi connectivity index (χ1) is 10.0. The van der Waals surface area contributed by atoms with E-state index in [0.29, 0.717) is 19.6 Å². The SMILES string of the molecule is O=C(O)/C=C\C(=O)N1CC2CC(C1)c1cccc(=O)n1C2. The molecule has 0 radical (unpaired) electrons. The van der Waals surface area contributed by atoms with Gasteiger partial charge < -0.3 is 14.6 Å². The van der Waals surface area contributed by atoms with Crippen LogP contribution in [-0.2, 0) is 16.1 Å². The van der Waals surface area contributed by atoms with Crippen LogP contribution in [0.25, 0.3) is 0 Å². The van der Waals surface area contributed by atoms with Crippen LogP contribution in [0.3, 0.4) is 0 Å². The summed E-state index contributed by atoms with van der Waals surface area (Å²) in [5.41, 5.74) is 0.978. The second-order valence-corrected chi connectivity index (χ2v) is 5.61. The second kappa shape index (κ2) is 5.20. The number of aromatic nitrogens is 1. The van der Waals surface area contributed by atoms with Crippen molar-refractivity contribution in [2.24, 2.45) is 5.92 Å². The molecule has 1 aromatic rings. The van der Waals surface area contributed by atoms with Gasteiger partial charge in [-0.1, -0.05) is 6.07 Å². The molecular formula is C15H16N2O4. The molecule has 3 rings (SSSR count). The highest BCUT2D eigenvalue weighted by Gasteiger charge is 2.35. The number of likely N-dealkylation sites (tertiary alicyclic amines) is 1. The fourth-order valence-electron chi connectivity index (χ4n) is 3.32. The molecule has 1 fully saturated rings. The molecule has 21 heavy (non-hydrogen) atoms. The maximum Gasteiger partial charge on any atom is 0.328 e. The number of amides is 1. The predicted octanol–water partition coefficient (Wildman–Crippen LogP) is 0.435. The molecule has 1 N–H and O–H groups in total. The summed E-state index contributed by atoms with van der Waals surface area (Å²) in [6, 6.07) is 5.24. The van der Waals surface area contributed by atoms with Crippen molar-refractivity contribution in [1.29, 1.82) is 0 Å². The molecule has 2 aliphatic heterocycles. The predicted molar refractivity (Wildman–Crippen MR) is 74.9 cm³/mol. The van der Waals surface area contributed by atoms with E-state index in [9.17, 15) is 14.4 Å². The number of carboxylic acids is 1. The van der Waals surface area contributed by atoms with Crippen molar-refractivity contribution in [2.75, 3.05) is 13.1 Å². The summed E-state index contributed by atoms with van der Waals surface area (Å²) in [6.45, 7) is 1.72. The summed E-state index contributed by atoms with van der Waals surface area (Å²) in [5.74, 6) is -1.01. The van der Waals surface area contributed by atoms with Crippen LogP contribution in [-0.4, -0.2) is 39.5 Å². The van der Waals surface area contributed by atoms with Crippen LogP contribution in [0.4, 0.5) is 0 Å². The van der Waals surface area contributed by atoms with Gasteiger partial charge in [0.15, 0.2) is 0 Å². The van der Waals surface area contributed by atoms with Crippen LogP contribution in [0.1, 0.15) is 18.0 Å². The fraction of sp³-hybridized carbons (Fsp3) is 0.400. The fourth-order valence-corrected chi connectivity index (χ4v) is 3.32. The van der Waals surface area contributed by atoms with Gasteiger partial charge in [-0.05, 0) is 18.4 Å². The highest BCUT2D eigenvalue weighted by Crippen LogP contribution is 2.34. The van der Waals surface area contributed by atoms with Crippen LogP contribution in [0.5, 0.6) is 0 Å². The van der Waals surface area contributed by atoms with E-state index >= 15 is 0 Å². The quantitative estimate of drug-likeness (QED) is 0.801. The highest BCUT2D eigenvalue weighted by atomic mass is 16.4. The molecular weight excluding hydrogens is 272 g/mol. The number of aliphatic carboxylic acids is 1. The second-order valence-electron chi connectivity index (χ2n) is 5.61. The van der Waals surface area contributed by atoms with Crippen molar-refractivity contribution in [3.63, 3.8) is 0 Å². The van der Waals surface area contributed by atoms with Crippen molar-refractivity contribution in [3.05, 3.63) is 46.4 Å². The van der Waals surface area contributed by atoms with Gasteiger partial charge in [-0.3, -0.25) is 9.59 Å². The van der Waals surface area contributed by atoms with E-state index in [0.717, 1.165) is 24.3 Å². The molecule has 1 saturated heterocycles.